The van der Waals surface area contributed by atoms with E-state index < -0.39 is 0 Å². The van der Waals surface area contributed by atoms with E-state index in [1.807, 2.05) is 0 Å². The summed E-state index contributed by atoms with van der Waals surface area (Å²) in [5.41, 5.74) is 3.04. The number of halogens is 1. The van der Waals surface area contributed by atoms with Crippen molar-refractivity contribution in [1.29, 1.82) is 0 Å². The van der Waals surface area contributed by atoms with E-state index in [0.717, 1.165) is 30.5 Å². The lowest BCUT2D eigenvalue weighted by Crippen LogP contribution is -2.17. The maximum atomic E-state index is 5.52. The lowest BCUT2D eigenvalue weighted by Gasteiger charge is -2.24. The van der Waals surface area contributed by atoms with Crippen LogP contribution in [0.3, 0.4) is 0 Å². The van der Waals surface area contributed by atoms with Crippen LogP contribution < -0.4 is 4.74 Å². The minimum atomic E-state index is 0.251. The van der Waals surface area contributed by atoms with Crippen molar-refractivity contribution >= 4 is 15.9 Å². The second-order valence-corrected chi connectivity index (χ2v) is 5.54. The van der Waals surface area contributed by atoms with Gasteiger partial charge in [-0.2, -0.15) is 0 Å². The van der Waals surface area contributed by atoms with Gasteiger partial charge in [0.05, 0.1) is 6.61 Å². The fraction of sp³-hybridized carbons (Fsp3) is 0.538. The predicted octanol–water partition coefficient (Wildman–Crippen LogP) is 3.68. The topological polar surface area (TPSA) is 9.23 Å². The number of alkyl halides is 1. The highest BCUT2D eigenvalue weighted by Gasteiger charge is 2.22. The second kappa shape index (κ2) is 4.17. The van der Waals surface area contributed by atoms with Gasteiger partial charge in [-0.05, 0) is 29.0 Å². The van der Waals surface area contributed by atoms with Gasteiger partial charge in [0.1, 0.15) is 5.75 Å². The van der Waals surface area contributed by atoms with E-state index in [2.05, 4.69) is 48.0 Å². The summed E-state index contributed by atoms with van der Waals surface area (Å²) in [6.07, 6.45) is 2.22. The van der Waals surface area contributed by atoms with E-state index in [-0.39, 0.29) is 5.41 Å². The summed E-state index contributed by atoms with van der Waals surface area (Å²) in [5, 5.41) is 1.05. The number of rotatable bonds is 3. The van der Waals surface area contributed by atoms with Crippen LogP contribution in [0.4, 0.5) is 0 Å². The molecule has 0 bridgehead atoms. The van der Waals surface area contributed by atoms with E-state index >= 15 is 0 Å². The first-order valence-corrected chi connectivity index (χ1v) is 6.58. The van der Waals surface area contributed by atoms with Gasteiger partial charge in [-0.25, -0.2) is 0 Å². The third kappa shape index (κ3) is 2.20. The molecule has 0 N–H and O–H groups in total. The van der Waals surface area contributed by atoms with Crippen LogP contribution in [-0.4, -0.2) is 11.9 Å². The molecule has 1 aliphatic rings. The third-order valence-corrected chi connectivity index (χ3v) is 3.59. The Morgan fingerprint density at radius 2 is 2.20 bits per heavy atom. The van der Waals surface area contributed by atoms with E-state index in [0.29, 0.717) is 0 Å². The summed E-state index contributed by atoms with van der Waals surface area (Å²) in [4.78, 5) is 0. The Labute approximate surface area is 100.0 Å². The molecular formula is C13H17BrO. The fourth-order valence-electron chi connectivity index (χ4n) is 1.99. The van der Waals surface area contributed by atoms with Gasteiger partial charge in [-0.1, -0.05) is 41.9 Å². The number of hydrogen-bond acceptors (Lipinski definition) is 1. The zero-order valence-electron chi connectivity index (χ0n) is 9.35. The Balaban J connectivity index is 2.29. The maximum Gasteiger partial charge on any atom is 0.122 e. The van der Waals surface area contributed by atoms with Crippen molar-refractivity contribution in [2.24, 2.45) is 0 Å². The third-order valence-electron chi connectivity index (χ3n) is 3.19. The van der Waals surface area contributed by atoms with Crippen molar-refractivity contribution in [3.8, 4) is 5.75 Å². The van der Waals surface area contributed by atoms with Crippen LogP contribution in [0.25, 0.3) is 0 Å². The van der Waals surface area contributed by atoms with Crippen molar-refractivity contribution in [2.75, 3.05) is 11.9 Å². The zero-order chi connectivity index (χ0) is 10.9. The molecule has 1 nitrogen and oxygen atoms in total. The number of hydrogen-bond donors (Lipinski definition) is 0. The Hall–Kier alpha value is -0.500. The number of benzene rings is 1. The normalized spacial score (nSPS) is 14.9. The molecule has 15 heavy (non-hydrogen) atoms. The Kier molecular flexibility index (Phi) is 3.06. The molecule has 2 rings (SSSR count). The van der Waals surface area contributed by atoms with Gasteiger partial charge in [-0.3, -0.25) is 0 Å². The van der Waals surface area contributed by atoms with Crippen LogP contribution in [0.2, 0.25) is 0 Å². The Morgan fingerprint density at radius 1 is 1.40 bits per heavy atom. The van der Waals surface area contributed by atoms with Crippen LogP contribution in [0.15, 0.2) is 18.2 Å². The molecule has 1 aliphatic heterocycles. The monoisotopic (exact) mass is 268 g/mol. The smallest absolute Gasteiger partial charge is 0.122 e. The molecule has 0 radical (unpaired) electrons. The lowest BCUT2D eigenvalue weighted by atomic mass is 9.81. The first-order valence-electron chi connectivity index (χ1n) is 5.46. The van der Waals surface area contributed by atoms with Gasteiger partial charge < -0.3 is 4.74 Å². The highest BCUT2D eigenvalue weighted by Crippen LogP contribution is 2.33. The fourth-order valence-corrected chi connectivity index (χ4v) is 2.98. The van der Waals surface area contributed by atoms with Crippen LogP contribution in [0, 0.1) is 0 Å². The Morgan fingerprint density at radius 3 is 2.93 bits per heavy atom. The average molecular weight is 269 g/mol. The molecular weight excluding hydrogens is 252 g/mol. The van der Waals surface area contributed by atoms with Crippen LogP contribution in [-0.2, 0) is 11.8 Å². The van der Waals surface area contributed by atoms with Crippen molar-refractivity contribution in [2.45, 2.75) is 32.1 Å². The van der Waals surface area contributed by atoms with Gasteiger partial charge in [0.25, 0.3) is 0 Å². The molecule has 0 saturated heterocycles. The van der Waals surface area contributed by atoms with Crippen molar-refractivity contribution in [3.05, 3.63) is 29.3 Å². The average Bonchev–Trinajstić information content (AvgIpc) is 2.63. The number of ether oxygens (including phenoxy) is 1. The minimum absolute atomic E-state index is 0.251. The summed E-state index contributed by atoms with van der Waals surface area (Å²) in [6, 6.07) is 6.63. The molecule has 0 unspecified atom stereocenters. The molecule has 1 heterocycles. The summed E-state index contributed by atoms with van der Waals surface area (Å²) >= 11 is 3.52. The van der Waals surface area contributed by atoms with E-state index in [1.165, 1.54) is 11.1 Å². The van der Waals surface area contributed by atoms with Gasteiger partial charge >= 0.3 is 0 Å². The zero-order valence-corrected chi connectivity index (χ0v) is 10.9. The molecule has 0 atom stereocenters. The van der Waals surface area contributed by atoms with Crippen molar-refractivity contribution in [1.82, 2.24) is 0 Å². The second-order valence-electron chi connectivity index (χ2n) is 4.74. The summed E-state index contributed by atoms with van der Waals surface area (Å²) in [5.74, 6) is 1.08. The van der Waals surface area contributed by atoms with Crippen LogP contribution in [0.1, 0.15) is 31.4 Å². The van der Waals surface area contributed by atoms with Gasteiger partial charge in [-0.15, -0.1) is 0 Å². The quantitative estimate of drug-likeness (QED) is 0.760. The molecule has 82 valence electrons. The van der Waals surface area contributed by atoms with E-state index in [1.54, 1.807) is 0 Å². The first-order chi connectivity index (χ1) is 7.13. The summed E-state index contributed by atoms with van der Waals surface area (Å²) in [7, 11) is 0. The van der Waals surface area contributed by atoms with E-state index in [9.17, 15) is 0 Å². The van der Waals surface area contributed by atoms with Gasteiger partial charge in [0, 0.05) is 11.8 Å². The molecule has 0 aliphatic carbocycles. The van der Waals surface area contributed by atoms with Crippen molar-refractivity contribution in [3.63, 3.8) is 0 Å². The summed E-state index contributed by atoms with van der Waals surface area (Å²) < 4.78 is 5.52. The molecule has 2 heteroatoms. The Bertz CT molecular complexity index is 358. The van der Waals surface area contributed by atoms with E-state index in [4.69, 9.17) is 4.74 Å². The largest absolute Gasteiger partial charge is 0.493 e. The van der Waals surface area contributed by atoms with Gasteiger partial charge in [0.2, 0.25) is 0 Å². The van der Waals surface area contributed by atoms with Crippen molar-refractivity contribution < 1.29 is 4.74 Å². The molecule has 0 fully saturated rings. The molecule has 1 aromatic rings. The lowest BCUT2D eigenvalue weighted by molar-refractivity contribution is 0.356. The number of fused-ring (bicyclic) bond motifs is 1. The minimum Gasteiger partial charge on any atom is -0.493 e. The highest BCUT2D eigenvalue weighted by molar-refractivity contribution is 9.09. The maximum absolute atomic E-state index is 5.52. The standard InChI is InChI=1S/C13H17BrO/c1-13(2,6-7-14)11-3-4-12-10(9-11)5-8-15-12/h3-4,9H,5-8H2,1-2H3. The molecule has 0 aromatic heterocycles. The molecule has 0 saturated carbocycles. The molecule has 1 aromatic carbocycles. The SMILES string of the molecule is CC(C)(CCBr)c1ccc2c(c1)CCO2. The summed E-state index contributed by atoms with van der Waals surface area (Å²) in [6.45, 7) is 5.44. The first kappa shape index (κ1) is 11.0. The van der Waals surface area contributed by atoms with Gasteiger partial charge in [0.15, 0.2) is 0 Å². The highest BCUT2D eigenvalue weighted by atomic mass is 79.9. The molecule has 0 spiro atoms. The predicted molar refractivity (Wildman–Crippen MR) is 67.1 cm³/mol. The molecule has 0 amide bonds. The van der Waals surface area contributed by atoms with Crippen LogP contribution in [0.5, 0.6) is 5.75 Å². The van der Waals surface area contributed by atoms with Crippen LogP contribution >= 0.6 is 15.9 Å².